The van der Waals surface area contributed by atoms with E-state index in [2.05, 4.69) is 65.7 Å². The molecule has 6 aromatic carbocycles. The van der Waals surface area contributed by atoms with Crippen LogP contribution in [0.15, 0.2) is 115 Å². The Labute approximate surface area is 474 Å². The number of hydrogen-bond donors (Lipinski definition) is 5. The predicted octanol–water partition coefficient (Wildman–Crippen LogP) is 11.5. The van der Waals surface area contributed by atoms with Gasteiger partial charge in [-0.15, -0.1) is 0 Å². The zero-order valence-corrected chi connectivity index (χ0v) is 46.7. The number of nitrogens with one attached hydrogen (secondary N) is 1. The van der Waals surface area contributed by atoms with Crippen LogP contribution in [0.3, 0.4) is 0 Å². The summed E-state index contributed by atoms with van der Waals surface area (Å²) in [5.74, 6) is 5.16. The summed E-state index contributed by atoms with van der Waals surface area (Å²) >= 11 is 0. The van der Waals surface area contributed by atoms with Crippen molar-refractivity contribution >= 4 is 28.8 Å². The molecule has 5 aliphatic carbocycles. The lowest BCUT2D eigenvalue weighted by Gasteiger charge is -2.64. The lowest BCUT2D eigenvalue weighted by molar-refractivity contribution is -0.179. The first kappa shape index (κ1) is 54.3. The van der Waals surface area contributed by atoms with Crippen molar-refractivity contribution in [2.24, 2.45) is 35.0 Å². The molecule has 12 unspecified atom stereocenters. The molecule has 3 saturated carbocycles. The summed E-state index contributed by atoms with van der Waals surface area (Å²) in [7, 11) is 3.07. The smallest absolute Gasteiger partial charge is 0.316 e. The summed E-state index contributed by atoms with van der Waals surface area (Å²) in [5.41, 5.74) is 6.37. The number of benzene rings is 6. The van der Waals surface area contributed by atoms with Gasteiger partial charge < -0.3 is 49.4 Å². The average Bonchev–Trinajstić information content (AvgIpc) is 3.48. The Balaban J connectivity index is 1.04. The van der Waals surface area contributed by atoms with E-state index >= 15 is 4.79 Å². The van der Waals surface area contributed by atoms with Crippen molar-refractivity contribution in [1.29, 1.82) is 0 Å². The van der Waals surface area contributed by atoms with Gasteiger partial charge >= 0.3 is 11.9 Å². The SMILES string of the molecule is CCOCC1C#CC2CCCC(C(=O)OC3CC(OC(C)=O)C4Cc5cc(OC)c(O)cc5C5CC(O)C6Cc7cc(O)c(OC)cc7C(C3)C6C54C=Cc3ccccc3)(C2)c2ccc3cc(O)cc(c3c2)-c2cccc(c2)CNC1. The van der Waals surface area contributed by atoms with Crippen LogP contribution in [0.4, 0.5) is 0 Å². The number of fused-ring (bicyclic) bond motifs is 11. The van der Waals surface area contributed by atoms with E-state index in [-0.39, 0.29) is 65.1 Å². The van der Waals surface area contributed by atoms with Crippen LogP contribution in [0.2, 0.25) is 0 Å². The molecule has 5 N–H and O–H groups in total. The van der Waals surface area contributed by atoms with Gasteiger partial charge in [-0.25, -0.2) is 0 Å². The fourth-order valence-corrected chi connectivity index (χ4v) is 15.9. The van der Waals surface area contributed by atoms with E-state index in [4.69, 9.17) is 23.7 Å². The maximum Gasteiger partial charge on any atom is 0.316 e. The van der Waals surface area contributed by atoms with Gasteiger partial charge in [-0.1, -0.05) is 91.1 Å². The van der Waals surface area contributed by atoms with E-state index in [9.17, 15) is 25.2 Å². The molecule has 12 rings (SSSR count). The quantitative estimate of drug-likeness (QED) is 0.0650. The summed E-state index contributed by atoms with van der Waals surface area (Å²) < 4.78 is 31.6. The third-order valence-corrected chi connectivity index (χ3v) is 19.3. The van der Waals surface area contributed by atoms with Crippen LogP contribution in [0.1, 0.15) is 110 Å². The van der Waals surface area contributed by atoms with Crippen LogP contribution < -0.4 is 14.8 Å². The number of aliphatic hydroxyl groups is 1. The van der Waals surface area contributed by atoms with Crippen molar-refractivity contribution in [3.63, 3.8) is 0 Å². The van der Waals surface area contributed by atoms with E-state index in [0.29, 0.717) is 82.7 Å². The Morgan fingerprint density at radius 3 is 2.42 bits per heavy atom. The number of phenols is 3. The first-order valence-corrected chi connectivity index (χ1v) is 29.0. The number of carbonyl (C=O) groups excluding carboxylic acids is 2. The molecule has 6 bridgehead atoms. The molecule has 1 aliphatic heterocycles. The number of rotatable bonds is 10. The number of aromatic hydroxyl groups is 3. The standard InChI is InChI=1S/C69H73NO11/c1-5-79-39-44-17-16-42-14-10-21-68(36-42,49-19-18-46-24-50(72)30-53(52(46)29-49)45-15-9-13-43(23-45)37-70-38-44)67(76)81-51-31-56-54-34-65(78-4)61(74)27-47(54)25-57-60(73)35-58-55-33-62(75)64(77-3)28-48(55)26-59(63(32-51)80-40(2)71)69(58,66(56)57)22-20-41-11-7-6-8-12-41/h6-9,11-13,15,18-20,22-24,27-30,33-34,42,44,51,56-60,63,66,70,72-75H,5,10,14,21,25-26,31-32,35-39H2,1-4H3. The second-order valence-corrected chi connectivity index (χ2v) is 23.8. The number of phenolic OH excluding ortho intramolecular Hbond substituents is 3. The molecule has 12 heteroatoms. The molecule has 12 nitrogen and oxygen atoms in total. The fraction of sp³-hybridized carbons (Fsp3) is 0.420. The zero-order valence-electron chi connectivity index (χ0n) is 46.7. The monoisotopic (exact) mass is 1090 g/mol. The minimum absolute atomic E-state index is 0.00460. The summed E-state index contributed by atoms with van der Waals surface area (Å²) in [6.07, 6.45) is 6.26. The molecule has 12 atom stereocenters. The topological polar surface area (TPSA) is 173 Å². The van der Waals surface area contributed by atoms with Gasteiger partial charge in [0.2, 0.25) is 0 Å². The molecule has 0 aromatic heterocycles. The summed E-state index contributed by atoms with van der Waals surface area (Å²) in [6.45, 7) is 5.69. The summed E-state index contributed by atoms with van der Waals surface area (Å²) in [4.78, 5) is 30.2. The highest BCUT2D eigenvalue weighted by molar-refractivity contribution is 5.99. The molecule has 3 fully saturated rings. The lowest BCUT2D eigenvalue weighted by Crippen LogP contribution is -2.62. The first-order chi connectivity index (χ1) is 39.3. The zero-order chi connectivity index (χ0) is 56.2. The van der Waals surface area contributed by atoms with E-state index < -0.39 is 41.0 Å². The third-order valence-electron chi connectivity index (χ3n) is 19.3. The maximum atomic E-state index is 16.4. The maximum absolute atomic E-state index is 16.4. The van der Waals surface area contributed by atoms with Crippen molar-refractivity contribution in [1.82, 2.24) is 5.32 Å². The molecule has 6 aromatic rings. The largest absolute Gasteiger partial charge is 0.508 e. The van der Waals surface area contributed by atoms with Gasteiger partial charge in [-0.3, -0.25) is 9.59 Å². The van der Waals surface area contributed by atoms with Crippen molar-refractivity contribution in [2.75, 3.05) is 34.0 Å². The first-order valence-electron chi connectivity index (χ1n) is 29.0. The summed E-state index contributed by atoms with van der Waals surface area (Å²) in [5, 5.41) is 52.4. The van der Waals surface area contributed by atoms with Crippen molar-refractivity contribution in [3.05, 3.63) is 154 Å². The molecule has 0 radical (unpaired) electrons. The number of carbonyl (C=O) groups is 2. The molecular formula is C69H73NO11. The van der Waals surface area contributed by atoms with Crippen molar-refractivity contribution in [2.45, 2.75) is 114 Å². The third kappa shape index (κ3) is 9.99. The predicted molar refractivity (Wildman–Crippen MR) is 310 cm³/mol. The molecule has 420 valence electrons. The van der Waals surface area contributed by atoms with Crippen LogP contribution in [0.25, 0.3) is 28.0 Å². The normalized spacial score (nSPS) is 29.1. The second-order valence-electron chi connectivity index (χ2n) is 23.8. The van der Waals surface area contributed by atoms with Crippen LogP contribution in [-0.2, 0) is 48.6 Å². The fourth-order valence-electron chi connectivity index (χ4n) is 15.9. The van der Waals surface area contributed by atoms with Crippen LogP contribution in [0, 0.1) is 46.8 Å². The molecule has 6 aliphatic rings. The van der Waals surface area contributed by atoms with E-state index in [0.717, 1.165) is 67.3 Å². The van der Waals surface area contributed by atoms with E-state index in [1.54, 1.807) is 31.4 Å². The van der Waals surface area contributed by atoms with E-state index in [1.165, 1.54) is 14.0 Å². The highest BCUT2D eigenvalue weighted by Crippen LogP contribution is 2.70. The number of esters is 2. The van der Waals surface area contributed by atoms with Gasteiger partial charge in [-0.2, -0.15) is 0 Å². The Morgan fingerprint density at radius 2 is 1.62 bits per heavy atom. The minimum atomic E-state index is -1.16. The van der Waals surface area contributed by atoms with Crippen LogP contribution in [0.5, 0.6) is 28.7 Å². The second kappa shape index (κ2) is 22.2. The van der Waals surface area contributed by atoms with Gasteiger partial charge in [0, 0.05) is 50.3 Å². The number of methoxy groups -OCH3 is 2. The van der Waals surface area contributed by atoms with Crippen molar-refractivity contribution in [3.8, 4) is 51.7 Å². The summed E-state index contributed by atoms with van der Waals surface area (Å²) in [6, 6.07) is 35.6. The van der Waals surface area contributed by atoms with E-state index in [1.807, 2.05) is 55.5 Å². The van der Waals surface area contributed by atoms with Crippen LogP contribution in [-0.4, -0.2) is 84.7 Å². The van der Waals surface area contributed by atoms with Gasteiger partial charge in [0.05, 0.1) is 38.3 Å². The number of hydrogen-bond acceptors (Lipinski definition) is 12. The Kier molecular flexibility index (Phi) is 14.9. The van der Waals surface area contributed by atoms with Gasteiger partial charge in [-0.05, 0) is 185 Å². The van der Waals surface area contributed by atoms with Gasteiger partial charge in [0.25, 0.3) is 0 Å². The highest BCUT2D eigenvalue weighted by atomic mass is 16.6. The number of allylic oxidation sites excluding steroid dienone is 1. The van der Waals surface area contributed by atoms with Crippen LogP contribution >= 0.6 is 0 Å². The minimum Gasteiger partial charge on any atom is -0.508 e. The molecule has 0 amide bonds. The van der Waals surface area contributed by atoms with Gasteiger partial charge in [0.15, 0.2) is 23.0 Å². The molecule has 0 spiro atoms. The highest BCUT2D eigenvalue weighted by Gasteiger charge is 2.65. The number of aliphatic hydroxyl groups excluding tert-OH is 1. The molecule has 1 heterocycles. The Morgan fingerprint density at radius 1 is 0.815 bits per heavy atom. The average molecular weight is 1090 g/mol. The molecule has 81 heavy (non-hydrogen) atoms. The Bertz CT molecular complexity index is 3470. The molecule has 0 saturated heterocycles. The van der Waals surface area contributed by atoms with Crippen molar-refractivity contribution < 1.29 is 53.7 Å². The van der Waals surface area contributed by atoms with Gasteiger partial charge in [0.1, 0.15) is 18.0 Å². The lowest BCUT2D eigenvalue weighted by atomic mass is 9.40. The Hall–Kier alpha value is -7.30. The molecular weight excluding hydrogens is 1020 g/mol. The number of ether oxygens (including phenoxy) is 5.